The molecule has 27 heavy (non-hydrogen) atoms. The molecule has 6 heteroatoms. The van der Waals surface area contributed by atoms with Crippen LogP contribution in [0.1, 0.15) is 49.9 Å². The number of H-pyrrole nitrogens is 1. The third-order valence-corrected chi connectivity index (χ3v) is 4.07. The molecule has 0 saturated heterocycles. The molecule has 1 atom stereocenters. The predicted octanol–water partition coefficient (Wildman–Crippen LogP) is 3.51. The molecule has 2 N–H and O–H groups in total. The van der Waals surface area contributed by atoms with Crippen molar-refractivity contribution in [2.75, 3.05) is 13.2 Å². The standard InChI is InChI=1S/C21H27NO5/c1-5-26-19(24)11-17(20-18(23)10-14(4)22-21(20)25)15-6-8-16(9-7-15)27-12-13(2)3/h6-10,13,17H,5,11-12H2,1-4H3,(H2,22,23,25)/t17-/m0/s1. The van der Waals surface area contributed by atoms with Gasteiger partial charge in [-0.2, -0.15) is 0 Å². The Morgan fingerprint density at radius 1 is 1.22 bits per heavy atom. The number of hydrogen-bond acceptors (Lipinski definition) is 5. The average Bonchev–Trinajstić information content (AvgIpc) is 2.59. The number of benzene rings is 1. The highest BCUT2D eigenvalue weighted by Gasteiger charge is 2.25. The van der Waals surface area contributed by atoms with Gasteiger partial charge in [0, 0.05) is 11.6 Å². The molecule has 0 radical (unpaired) electrons. The Labute approximate surface area is 159 Å². The smallest absolute Gasteiger partial charge is 0.306 e. The van der Waals surface area contributed by atoms with Crippen molar-refractivity contribution < 1.29 is 19.4 Å². The number of aromatic hydroxyl groups is 1. The first kappa shape index (κ1) is 20.6. The van der Waals surface area contributed by atoms with E-state index in [1.807, 2.05) is 0 Å². The number of rotatable bonds is 8. The lowest BCUT2D eigenvalue weighted by molar-refractivity contribution is -0.143. The summed E-state index contributed by atoms with van der Waals surface area (Å²) in [6.45, 7) is 8.40. The highest BCUT2D eigenvalue weighted by Crippen LogP contribution is 2.33. The minimum atomic E-state index is -0.618. The summed E-state index contributed by atoms with van der Waals surface area (Å²) in [6.07, 6.45) is -0.0419. The van der Waals surface area contributed by atoms with E-state index in [1.165, 1.54) is 6.07 Å². The molecule has 2 rings (SSSR count). The maximum atomic E-state index is 12.5. The number of pyridine rings is 1. The lowest BCUT2D eigenvalue weighted by atomic mass is 9.88. The van der Waals surface area contributed by atoms with Crippen LogP contribution in [0.2, 0.25) is 0 Å². The highest BCUT2D eigenvalue weighted by atomic mass is 16.5. The van der Waals surface area contributed by atoms with E-state index in [9.17, 15) is 14.7 Å². The van der Waals surface area contributed by atoms with Crippen molar-refractivity contribution in [3.63, 3.8) is 0 Å². The van der Waals surface area contributed by atoms with E-state index < -0.39 is 17.4 Å². The summed E-state index contributed by atoms with van der Waals surface area (Å²) in [6, 6.07) is 8.69. The highest BCUT2D eigenvalue weighted by molar-refractivity contribution is 5.71. The Bertz CT molecular complexity index is 823. The zero-order valence-electron chi connectivity index (χ0n) is 16.2. The zero-order valence-corrected chi connectivity index (χ0v) is 16.2. The molecule has 2 aromatic rings. The first-order valence-electron chi connectivity index (χ1n) is 9.13. The average molecular weight is 373 g/mol. The van der Waals surface area contributed by atoms with Gasteiger partial charge in [0.15, 0.2) is 0 Å². The van der Waals surface area contributed by atoms with Crippen LogP contribution in [0.5, 0.6) is 11.5 Å². The molecular weight excluding hydrogens is 346 g/mol. The normalized spacial score (nSPS) is 12.0. The number of aromatic amines is 1. The molecule has 0 aliphatic carbocycles. The van der Waals surface area contributed by atoms with Gasteiger partial charge in [-0.25, -0.2) is 0 Å². The van der Waals surface area contributed by atoms with Crippen molar-refractivity contribution in [1.29, 1.82) is 0 Å². The SMILES string of the molecule is CCOC(=O)C[C@@H](c1ccc(OCC(C)C)cc1)c1c(O)cc(C)[nH]c1=O. The van der Waals surface area contributed by atoms with Crippen molar-refractivity contribution in [2.24, 2.45) is 5.92 Å². The molecule has 0 bridgehead atoms. The van der Waals surface area contributed by atoms with Crippen LogP contribution < -0.4 is 10.3 Å². The lowest BCUT2D eigenvalue weighted by Crippen LogP contribution is -2.21. The Kier molecular flexibility index (Phi) is 7.05. The van der Waals surface area contributed by atoms with E-state index in [2.05, 4.69) is 18.8 Å². The van der Waals surface area contributed by atoms with Crippen LogP contribution in [-0.4, -0.2) is 29.3 Å². The zero-order chi connectivity index (χ0) is 20.0. The lowest BCUT2D eigenvalue weighted by Gasteiger charge is -2.18. The van der Waals surface area contributed by atoms with Crippen molar-refractivity contribution in [2.45, 2.75) is 40.0 Å². The molecule has 1 heterocycles. The number of aromatic nitrogens is 1. The van der Waals surface area contributed by atoms with Crippen LogP contribution in [0.25, 0.3) is 0 Å². The summed E-state index contributed by atoms with van der Waals surface area (Å²) < 4.78 is 10.7. The summed E-state index contributed by atoms with van der Waals surface area (Å²) >= 11 is 0. The van der Waals surface area contributed by atoms with Gasteiger partial charge in [0.25, 0.3) is 5.56 Å². The summed E-state index contributed by atoms with van der Waals surface area (Å²) in [7, 11) is 0. The first-order valence-corrected chi connectivity index (χ1v) is 9.13. The molecule has 0 unspecified atom stereocenters. The minimum Gasteiger partial charge on any atom is -0.507 e. The van der Waals surface area contributed by atoms with E-state index in [-0.39, 0.29) is 24.3 Å². The molecule has 146 valence electrons. The Balaban J connectivity index is 2.39. The second-order valence-corrected chi connectivity index (χ2v) is 6.92. The summed E-state index contributed by atoms with van der Waals surface area (Å²) in [5.74, 6) is -0.0612. The molecule has 0 amide bonds. The van der Waals surface area contributed by atoms with Gasteiger partial charge in [-0.3, -0.25) is 9.59 Å². The van der Waals surface area contributed by atoms with Crippen LogP contribution in [0.3, 0.4) is 0 Å². The number of ether oxygens (including phenoxy) is 2. The molecule has 0 aliphatic rings. The second-order valence-electron chi connectivity index (χ2n) is 6.92. The molecule has 1 aromatic carbocycles. The molecule has 0 saturated carbocycles. The van der Waals surface area contributed by atoms with Crippen LogP contribution in [0.15, 0.2) is 35.1 Å². The fourth-order valence-electron chi connectivity index (χ4n) is 2.85. The van der Waals surface area contributed by atoms with Crippen LogP contribution in [0, 0.1) is 12.8 Å². The summed E-state index contributed by atoms with van der Waals surface area (Å²) in [5.41, 5.74) is 1.02. The van der Waals surface area contributed by atoms with Crippen molar-refractivity contribution in [3.8, 4) is 11.5 Å². The molecule has 1 aromatic heterocycles. The van der Waals surface area contributed by atoms with Gasteiger partial charge in [0.1, 0.15) is 11.5 Å². The van der Waals surface area contributed by atoms with Crippen molar-refractivity contribution in [3.05, 3.63) is 57.5 Å². The van der Waals surface area contributed by atoms with Gasteiger partial charge in [0.2, 0.25) is 0 Å². The third kappa shape index (κ3) is 5.61. The maximum absolute atomic E-state index is 12.5. The van der Waals surface area contributed by atoms with E-state index in [1.54, 1.807) is 38.1 Å². The van der Waals surface area contributed by atoms with Gasteiger partial charge in [0.05, 0.1) is 25.2 Å². The monoisotopic (exact) mass is 373 g/mol. The molecule has 0 fully saturated rings. The number of carbonyl (C=O) groups is 1. The predicted molar refractivity (Wildman–Crippen MR) is 103 cm³/mol. The van der Waals surface area contributed by atoms with Gasteiger partial charge < -0.3 is 19.6 Å². The number of nitrogens with one attached hydrogen (secondary N) is 1. The van der Waals surface area contributed by atoms with Crippen molar-refractivity contribution >= 4 is 5.97 Å². The topological polar surface area (TPSA) is 88.6 Å². The Morgan fingerprint density at radius 3 is 2.44 bits per heavy atom. The number of hydrogen-bond donors (Lipinski definition) is 2. The quantitative estimate of drug-likeness (QED) is 0.691. The second kappa shape index (κ2) is 9.26. The Morgan fingerprint density at radius 2 is 1.89 bits per heavy atom. The molecule has 0 aliphatic heterocycles. The van der Waals surface area contributed by atoms with Crippen LogP contribution >= 0.6 is 0 Å². The summed E-state index contributed by atoms with van der Waals surface area (Å²) in [5, 5.41) is 10.3. The fourth-order valence-corrected chi connectivity index (χ4v) is 2.85. The van der Waals surface area contributed by atoms with Gasteiger partial charge in [-0.15, -0.1) is 0 Å². The fraction of sp³-hybridized carbons (Fsp3) is 0.429. The van der Waals surface area contributed by atoms with Gasteiger partial charge in [-0.05, 0) is 43.5 Å². The van der Waals surface area contributed by atoms with E-state index in [4.69, 9.17) is 9.47 Å². The maximum Gasteiger partial charge on any atom is 0.306 e. The van der Waals surface area contributed by atoms with Gasteiger partial charge >= 0.3 is 5.97 Å². The summed E-state index contributed by atoms with van der Waals surface area (Å²) in [4.78, 5) is 27.2. The van der Waals surface area contributed by atoms with E-state index in [0.717, 1.165) is 5.56 Å². The third-order valence-electron chi connectivity index (χ3n) is 4.07. The van der Waals surface area contributed by atoms with E-state index >= 15 is 0 Å². The molecule has 6 nitrogen and oxygen atoms in total. The number of aryl methyl sites for hydroxylation is 1. The largest absolute Gasteiger partial charge is 0.507 e. The first-order chi connectivity index (χ1) is 12.8. The molecule has 0 spiro atoms. The van der Waals surface area contributed by atoms with Crippen molar-refractivity contribution in [1.82, 2.24) is 4.98 Å². The van der Waals surface area contributed by atoms with Gasteiger partial charge in [-0.1, -0.05) is 26.0 Å². The van der Waals surface area contributed by atoms with Crippen LogP contribution in [-0.2, 0) is 9.53 Å². The molecular formula is C21H27NO5. The minimum absolute atomic E-state index is 0.0419. The van der Waals surface area contributed by atoms with Crippen LogP contribution in [0.4, 0.5) is 0 Å². The Hall–Kier alpha value is -2.76. The van der Waals surface area contributed by atoms with E-state index in [0.29, 0.717) is 24.0 Å². The number of carbonyl (C=O) groups excluding carboxylic acids is 1. The number of esters is 1.